The predicted molar refractivity (Wildman–Crippen MR) is 72.9 cm³/mol. The summed E-state index contributed by atoms with van der Waals surface area (Å²) in [4.78, 5) is 4.32. The van der Waals surface area contributed by atoms with Crippen molar-refractivity contribution in [1.29, 1.82) is 0 Å². The van der Waals surface area contributed by atoms with E-state index in [0.717, 1.165) is 36.2 Å². The molecular weight excluding hydrogens is 224 g/mol. The molecule has 0 spiro atoms. The van der Waals surface area contributed by atoms with Crippen molar-refractivity contribution in [3.8, 4) is 5.75 Å². The number of aromatic nitrogens is 1. The third-order valence-corrected chi connectivity index (χ3v) is 3.50. The zero-order valence-corrected chi connectivity index (χ0v) is 10.6. The largest absolute Gasteiger partial charge is 0.486 e. The average molecular weight is 242 g/mol. The first-order valence-electron chi connectivity index (χ1n) is 6.50. The van der Waals surface area contributed by atoms with Gasteiger partial charge in [0.15, 0.2) is 0 Å². The number of fused-ring (bicyclic) bond motifs is 1. The summed E-state index contributed by atoms with van der Waals surface area (Å²) >= 11 is 0. The molecule has 1 saturated heterocycles. The first kappa shape index (κ1) is 11.5. The Kier molecular flexibility index (Phi) is 2.92. The van der Waals surface area contributed by atoms with Crippen molar-refractivity contribution in [2.24, 2.45) is 0 Å². The number of nitrogens with zero attached hydrogens (tertiary/aromatic N) is 1. The van der Waals surface area contributed by atoms with Gasteiger partial charge in [0.25, 0.3) is 0 Å². The highest BCUT2D eigenvalue weighted by Gasteiger charge is 2.28. The minimum Gasteiger partial charge on any atom is -0.486 e. The van der Waals surface area contributed by atoms with E-state index in [1.165, 1.54) is 6.42 Å². The van der Waals surface area contributed by atoms with Gasteiger partial charge in [0.2, 0.25) is 0 Å². The molecule has 18 heavy (non-hydrogen) atoms. The highest BCUT2D eigenvalue weighted by molar-refractivity contribution is 5.79. The Morgan fingerprint density at radius 1 is 1.33 bits per heavy atom. The van der Waals surface area contributed by atoms with Crippen molar-refractivity contribution in [1.82, 2.24) is 10.3 Å². The summed E-state index contributed by atoms with van der Waals surface area (Å²) in [5.41, 5.74) is 0.922. The topological polar surface area (TPSA) is 34.1 Å². The van der Waals surface area contributed by atoms with Gasteiger partial charge in [0, 0.05) is 18.1 Å². The van der Waals surface area contributed by atoms with Crippen LogP contribution in [0.2, 0.25) is 0 Å². The molecule has 3 nitrogen and oxygen atoms in total. The fraction of sp³-hybridized carbons (Fsp3) is 0.400. The second-order valence-corrected chi connectivity index (χ2v) is 5.19. The number of nitrogens with one attached hydrogen (secondary N) is 1. The first-order valence-corrected chi connectivity index (χ1v) is 6.50. The second kappa shape index (κ2) is 4.58. The molecule has 3 heteroatoms. The Balaban J connectivity index is 1.85. The van der Waals surface area contributed by atoms with Crippen LogP contribution in [0.3, 0.4) is 0 Å². The van der Waals surface area contributed by atoms with Crippen LogP contribution in [0.1, 0.15) is 19.8 Å². The van der Waals surface area contributed by atoms with Gasteiger partial charge in [-0.3, -0.25) is 4.98 Å². The zero-order chi connectivity index (χ0) is 12.4. The van der Waals surface area contributed by atoms with E-state index >= 15 is 0 Å². The Labute approximate surface area is 107 Å². The van der Waals surface area contributed by atoms with Crippen LogP contribution in [0.25, 0.3) is 10.9 Å². The highest BCUT2D eigenvalue weighted by atomic mass is 16.5. The fourth-order valence-electron chi connectivity index (χ4n) is 2.52. The molecule has 2 heterocycles. The lowest BCUT2D eigenvalue weighted by molar-refractivity contribution is 0.0616. The summed E-state index contributed by atoms with van der Waals surface area (Å²) in [5.74, 6) is 0.932. The summed E-state index contributed by atoms with van der Waals surface area (Å²) in [6.45, 7) is 4.19. The molecular formula is C15H18N2O. The van der Waals surface area contributed by atoms with E-state index in [4.69, 9.17) is 4.74 Å². The minimum absolute atomic E-state index is 0.0892. The average Bonchev–Trinajstić information content (AvgIpc) is 2.39. The number of hydrogen-bond donors (Lipinski definition) is 1. The predicted octanol–water partition coefficient (Wildman–Crippen LogP) is 2.76. The lowest BCUT2D eigenvalue weighted by Gasteiger charge is -2.34. The van der Waals surface area contributed by atoms with Gasteiger partial charge >= 0.3 is 0 Å². The molecule has 1 aromatic carbocycles. The van der Waals surface area contributed by atoms with E-state index in [1.54, 1.807) is 0 Å². The van der Waals surface area contributed by atoms with Crippen LogP contribution in [0.4, 0.5) is 0 Å². The van der Waals surface area contributed by atoms with Gasteiger partial charge in [-0.25, -0.2) is 0 Å². The van der Waals surface area contributed by atoms with Crippen molar-refractivity contribution >= 4 is 10.9 Å². The zero-order valence-electron chi connectivity index (χ0n) is 10.6. The summed E-state index contributed by atoms with van der Waals surface area (Å²) in [5, 5.41) is 4.52. The van der Waals surface area contributed by atoms with Gasteiger partial charge in [-0.2, -0.15) is 0 Å². The molecule has 94 valence electrons. The Morgan fingerprint density at radius 3 is 3.11 bits per heavy atom. The Hall–Kier alpha value is -1.61. The van der Waals surface area contributed by atoms with Crippen LogP contribution in [-0.2, 0) is 0 Å². The summed E-state index contributed by atoms with van der Waals surface area (Å²) in [6, 6.07) is 10.1. The van der Waals surface area contributed by atoms with Gasteiger partial charge in [0.05, 0.1) is 5.52 Å². The van der Waals surface area contributed by atoms with Gasteiger partial charge in [0.1, 0.15) is 11.4 Å². The molecule has 1 aromatic heterocycles. The van der Waals surface area contributed by atoms with Crippen LogP contribution >= 0.6 is 0 Å². The number of benzene rings is 1. The van der Waals surface area contributed by atoms with Gasteiger partial charge < -0.3 is 10.1 Å². The lowest BCUT2D eigenvalue weighted by atomic mass is 9.96. The van der Waals surface area contributed by atoms with E-state index in [9.17, 15) is 0 Å². The van der Waals surface area contributed by atoms with E-state index in [2.05, 4.69) is 29.4 Å². The van der Waals surface area contributed by atoms with Crippen LogP contribution < -0.4 is 10.1 Å². The maximum Gasteiger partial charge on any atom is 0.120 e. The monoisotopic (exact) mass is 242 g/mol. The number of rotatable bonds is 2. The minimum atomic E-state index is -0.0892. The second-order valence-electron chi connectivity index (χ2n) is 5.19. The van der Waals surface area contributed by atoms with Gasteiger partial charge in [-0.15, -0.1) is 0 Å². The molecule has 1 N–H and O–H groups in total. The van der Waals surface area contributed by atoms with Crippen LogP contribution in [-0.4, -0.2) is 23.7 Å². The molecule has 1 aliphatic heterocycles. The number of piperidine rings is 1. The van der Waals surface area contributed by atoms with Crippen molar-refractivity contribution < 1.29 is 4.74 Å². The fourth-order valence-corrected chi connectivity index (χ4v) is 2.52. The Morgan fingerprint density at radius 2 is 2.28 bits per heavy atom. The lowest BCUT2D eigenvalue weighted by Crippen LogP contribution is -2.47. The van der Waals surface area contributed by atoms with Crippen LogP contribution in [0, 0.1) is 0 Å². The molecule has 0 bridgehead atoms. The third kappa shape index (κ3) is 2.31. The molecule has 1 aliphatic rings. The SMILES string of the molecule is CC1(Oc2ccc3ncccc3c2)CCCNC1. The molecule has 0 saturated carbocycles. The van der Waals surface area contributed by atoms with Crippen molar-refractivity contribution in [3.63, 3.8) is 0 Å². The number of hydrogen-bond acceptors (Lipinski definition) is 3. The Bertz CT molecular complexity index is 547. The highest BCUT2D eigenvalue weighted by Crippen LogP contribution is 2.26. The molecule has 0 radical (unpaired) electrons. The number of ether oxygens (including phenoxy) is 1. The smallest absolute Gasteiger partial charge is 0.120 e. The molecule has 3 rings (SSSR count). The maximum absolute atomic E-state index is 6.16. The maximum atomic E-state index is 6.16. The van der Waals surface area contributed by atoms with E-state index in [0.29, 0.717) is 0 Å². The van der Waals surface area contributed by atoms with E-state index < -0.39 is 0 Å². The molecule has 1 fully saturated rings. The number of pyridine rings is 1. The standard InChI is InChI=1S/C15H18N2O/c1-15(7-3-8-16-11-15)18-13-5-6-14-12(10-13)4-2-9-17-14/h2,4-6,9-10,16H,3,7-8,11H2,1H3. The quantitative estimate of drug-likeness (QED) is 0.879. The molecule has 0 amide bonds. The van der Waals surface area contributed by atoms with Crippen LogP contribution in [0.15, 0.2) is 36.5 Å². The summed E-state index contributed by atoms with van der Waals surface area (Å²) < 4.78 is 6.16. The van der Waals surface area contributed by atoms with Crippen molar-refractivity contribution in [2.45, 2.75) is 25.4 Å². The van der Waals surface area contributed by atoms with E-state index in [1.807, 2.05) is 24.4 Å². The summed E-state index contributed by atoms with van der Waals surface area (Å²) in [6.07, 6.45) is 4.09. The third-order valence-electron chi connectivity index (χ3n) is 3.50. The first-order chi connectivity index (χ1) is 8.75. The van der Waals surface area contributed by atoms with Gasteiger partial charge in [-0.1, -0.05) is 6.07 Å². The van der Waals surface area contributed by atoms with Crippen molar-refractivity contribution in [2.75, 3.05) is 13.1 Å². The molecule has 1 atom stereocenters. The van der Waals surface area contributed by atoms with Crippen molar-refractivity contribution in [3.05, 3.63) is 36.5 Å². The van der Waals surface area contributed by atoms with Gasteiger partial charge in [-0.05, 0) is 50.6 Å². The molecule has 0 aliphatic carbocycles. The molecule has 2 aromatic rings. The van der Waals surface area contributed by atoms with Crippen LogP contribution in [0.5, 0.6) is 5.75 Å². The van der Waals surface area contributed by atoms with E-state index in [-0.39, 0.29) is 5.60 Å². The molecule has 1 unspecified atom stereocenters. The normalized spacial score (nSPS) is 24.1. The summed E-state index contributed by atoms with van der Waals surface area (Å²) in [7, 11) is 0.